The lowest BCUT2D eigenvalue weighted by atomic mass is 10.2. The van der Waals surface area contributed by atoms with Gasteiger partial charge >= 0.3 is 0 Å². The molecule has 3 heteroatoms. The molecule has 1 aliphatic carbocycles. The second kappa shape index (κ2) is 3.81. The van der Waals surface area contributed by atoms with E-state index in [-0.39, 0.29) is 0 Å². The van der Waals surface area contributed by atoms with Gasteiger partial charge in [0.15, 0.2) is 0 Å². The fourth-order valence-electron chi connectivity index (χ4n) is 2.16. The molecule has 1 aromatic rings. The quantitative estimate of drug-likeness (QED) is 0.787. The van der Waals surface area contributed by atoms with Crippen molar-refractivity contribution < 1.29 is 0 Å². The van der Waals surface area contributed by atoms with Crippen LogP contribution < -0.4 is 10.2 Å². The molecule has 0 radical (unpaired) electrons. The Morgan fingerprint density at radius 2 is 2.07 bits per heavy atom. The smallest absolute Gasteiger partial charge is 0.0455 e. The zero-order valence-corrected chi connectivity index (χ0v) is 8.95. The molecule has 1 saturated carbocycles. The summed E-state index contributed by atoms with van der Waals surface area (Å²) in [4.78, 5) is 6.90. The maximum Gasteiger partial charge on any atom is 0.0455 e. The molecule has 2 heterocycles. The van der Waals surface area contributed by atoms with Crippen molar-refractivity contribution >= 4 is 5.69 Å². The van der Waals surface area contributed by atoms with Crippen LogP contribution in [0.5, 0.6) is 0 Å². The summed E-state index contributed by atoms with van der Waals surface area (Å²) in [7, 11) is 0. The number of piperazine rings is 1. The van der Waals surface area contributed by atoms with Gasteiger partial charge in [-0.3, -0.25) is 4.98 Å². The van der Waals surface area contributed by atoms with E-state index >= 15 is 0 Å². The Morgan fingerprint density at radius 3 is 2.80 bits per heavy atom. The van der Waals surface area contributed by atoms with Crippen molar-refractivity contribution in [3.63, 3.8) is 0 Å². The molecule has 1 aromatic heterocycles. The van der Waals surface area contributed by atoms with Crippen molar-refractivity contribution in [1.82, 2.24) is 10.3 Å². The third-order valence-electron chi connectivity index (χ3n) is 3.24. The second-order valence-electron chi connectivity index (χ2n) is 4.45. The van der Waals surface area contributed by atoms with Crippen LogP contribution >= 0.6 is 0 Å². The molecule has 15 heavy (non-hydrogen) atoms. The Morgan fingerprint density at radius 1 is 1.27 bits per heavy atom. The lowest BCUT2D eigenvalue weighted by molar-refractivity contribution is 0.589. The van der Waals surface area contributed by atoms with Gasteiger partial charge in [0.2, 0.25) is 0 Å². The highest BCUT2D eigenvalue weighted by Crippen LogP contribution is 2.39. The summed E-state index contributed by atoms with van der Waals surface area (Å²) < 4.78 is 0. The number of nitrogens with one attached hydrogen (secondary N) is 1. The highest BCUT2D eigenvalue weighted by Gasteiger charge is 2.25. The van der Waals surface area contributed by atoms with Gasteiger partial charge in [-0.05, 0) is 25.0 Å². The standard InChI is InChI=1S/C12H17N3/c1-2-10(1)12-9-11(3-4-14-12)15-7-5-13-6-8-15/h3-4,9-10,13H,1-2,5-8H2. The van der Waals surface area contributed by atoms with Crippen molar-refractivity contribution in [2.75, 3.05) is 31.1 Å². The van der Waals surface area contributed by atoms with Crippen LogP contribution in [0.3, 0.4) is 0 Å². The van der Waals surface area contributed by atoms with E-state index in [2.05, 4.69) is 27.3 Å². The van der Waals surface area contributed by atoms with Crippen LogP contribution in [0.2, 0.25) is 0 Å². The maximum atomic E-state index is 4.45. The molecular weight excluding hydrogens is 186 g/mol. The van der Waals surface area contributed by atoms with Crippen LogP contribution in [0.4, 0.5) is 5.69 Å². The molecule has 1 aliphatic heterocycles. The van der Waals surface area contributed by atoms with Crippen LogP contribution in [0.15, 0.2) is 18.3 Å². The van der Waals surface area contributed by atoms with Gasteiger partial charge in [-0.25, -0.2) is 0 Å². The number of anilines is 1. The molecular formula is C12H17N3. The third kappa shape index (κ3) is 1.97. The molecule has 2 aliphatic rings. The van der Waals surface area contributed by atoms with Crippen molar-refractivity contribution in [3.8, 4) is 0 Å². The summed E-state index contributed by atoms with van der Waals surface area (Å²) in [6.45, 7) is 4.43. The largest absolute Gasteiger partial charge is 0.369 e. The van der Waals surface area contributed by atoms with E-state index in [0.717, 1.165) is 32.1 Å². The summed E-state index contributed by atoms with van der Waals surface area (Å²) >= 11 is 0. The topological polar surface area (TPSA) is 28.2 Å². The van der Waals surface area contributed by atoms with Crippen molar-refractivity contribution in [1.29, 1.82) is 0 Å². The van der Waals surface area contributed by atoms with E-state index in [9.17, 15) is 0 Å². The Balaban J connectivity index is 1.80. The van der Waals surface area contributed by atoms with Crippen LogP contribution in [-0.2, 0) is 0 Å². The van der Waals surface area contributed by atoms with Crippen LogP contribution in [-0.4, -0.2) is 31.2 Å². The van der Waals surface area contributed by atoms with Crippen molar-refractivity contribution in [3.05, 3.63) is 24.0 Å². The van der Waals surface area contributed by atoms with Crippen LogP contribution in [0.25, 0.3) is 0 Å². The number of pyridine rings is 1. The summed E-state index contributed by atoms with van der Waals surface area (Å²) in [6.07, 6.45) is 4.63. The van der Waals surface area contributed by atoms with E-state index in [1.165, 1.54) is 24.2 Å². The lowest BCUT2D eigenvalue weighted by Crippen LogP contribution is -2.43. The zero-order chi connectivity index (χ0) is 10.1. The maximum absolute atomic E-state index is 4.45. The Kier molecular flexibility index (Phi) is 2.33. The Labute approximate surface area is 90.5 Å². The minimum Gasteiger partial charge on any atom is -0.369 e. The molecule has 1 N–H and O–H groups in total. The average molecular weight is 203 g/mol. The van der Waals surface area contributed by atoms with Crippen molar-refractivity contribution in [2.24, 2.45) is 0 Å². The number of nitrogens with zero attached hydrogens (tertiary/aromatic N) is 2. The molecule has 2 fully saturated rings. The Hall–Kier alpha value is -1.09. The lowest BCUT2D eigenvalue weighted by Gasteiger charge is -2.29. The molecule has 0 bridgehead atoms. The van der Waals surface area contributed by atoms with E-state index < -0.39 is 0 Å². The number of hydrogen-bond donors (Lipinski definition) is 1. The van der Waals surface area contributed by atoms with Gasteiger partial charge in [0.25, 0.3) is 0 Å². The summed E-state index contributed by atoms with van der Waals surface area (Å²) in [5.41, 5.74) is 2.65. The van der Waals surface area contributed by atoms with Gasteiger partial charge in [-0.1, -0.05) is 0 Å². The van der Waals surface area contributed by atoms with Gasteiger partial charge < -0.3 is 10.2 Å². The molecule has 1 saturated heterocycles. The highest BCUT2D eigenvalue weighted by atomic mass is 15.2. The zero-order valence-electron chi connectivity index (χ0n) is 8.95. The molecule has 0 aromatic carbocycles. The molecule has 0 unspecified atom stereocenters. The second-order valence-corrected chi connectivity index (χ2v) is 4.45. The normalized spacial score (nSPS) is 21.7. The highest BCUT2D eigenvalue weighted by molar-refractivity contribution is 5.48. The first-order valence-electron chi connectivity index (χ1n) is 5.85. The molecule has 3 nitrogen and oxygen atoms in total. The van der Waals surface area contributed by atoms with Gasteiger partial charge in [-0.15, -0.1) is 0 Å². The number of rotatable bonds is 2. The summed E-state index contributed by atoms with van der Waals surface area (Å²) in [6, 6.07) is 4.42. The first-order chi connectivity index (χ1) is 7.43. The molecule has 0 spiro atoms. The van der Waals surface area contributed by atoms with Gasteiger partial charge in [0, 0.05) is 49.7 Å². The summed E-state index contributed by atoms with van der Waals surface area (Å²) in [5.74, 6) is 0.757. The van der Waals surface area contributed by atoms with Crippen LogP contribution in [0, 0.1) is 0 Å². The van der Waals surface area contributed by atoms with E-state index in [4.69, 9.17) is 0 Å². The molecule has 3 rings (SSSR count). The minimum atomic E-state index is 0.757. The average Bonchev–Trinajstić information content (AvgIpc) is 3.14. The fourth-order valence-corrected chi connectivity index (χ4v) is 2.16. The van der Waals surface area contributed by atoms with E-state index in [1.54, 1.807) is 0 Å². The van der Waals surface area contributed by atoms with Crippen LogP contribution in [0.1, 0.15) is 24.5 Å². The van der Waals surface area contributed by atoms with E-state index in [1.807, 2.05) is 6.20 Å². The minimum absolute atomic E-state index is 0.757. The number of hydrogen-bond acceptors (Lipinski definition) is 3. The van der Waals surface area contributed by atoms with Crippen molar-refractivity contribution in [2.45, 2.75) is 18.8 Å². The number of aromatic nitrogens is 1. The predicted molar refractivity (Wildman–Crippen MR) is 61.3 cm³/mol. The first kappa shape index (κ1) is 9.16. The van der Waals surface area contributed by atoms with Gasteiger partial charge in [0.1, 0.15) is 0 Å². The van der Waals surface area contributed by atoms with E-state index in [0.29, 0.717) is 0 Å². The molecule has 80 valence electrons. The first-order valence-corrected chi connectivity index (χ1v) is 5.85. The Bertz CT molecular complexity index is 340. The molecule has 0 amide bonds. The fraction of sp³-hybridized carbons (Fsp3) is 0.583. The predicted octanol–water partition coefficient (Wildman–Crippen LogP) is 1.37. The van der Waals surface area contributed by atoms with Gasteiger partial charge in [0.05, 0.1) is 0 Å². The third-order valence-corrected chi connectivity index (χ3v) is 3.24. The van der Waals surface area contributed by atoms with Gasteiger partial charge in [-0.2, -0.15) is 0 Å². The monoisotopic (exact) mass is 203 g/mol. The SMILES string of the molecule is c1cc(N2CCNCC2)cc(C2CC2)n1. The molecule has 0 atom stereocenters. The summed E-state index contributed by atoms with van der Waals surface area (Å²) in [5, 5.41) is 3.38.